The predicted molar refractivity (Wildman–Crippen MR) is 122 cm³/mol. The molecule has 0 bridgehead atoms. The molecule has 3 aliphatic rings. The van der Waals surface area contributed by atoms with Crippen molar-refractivity contribution in [2.75, 3.05) is 62.2 Å². The molecule has 0 aliphatic carbocycles. The van der Waals surface area contributed by atoms with Crippen LogP contribution in [0.15, 0.2) is 42.6 Å². The summed E-state index contributed by atoms with van der Waals surface area (Å²) >= 11 is 0. The van der Waals surface area contributed by atoms with Crippen LogP contribution in [0.3, 0.4) is 0 Å². The second-order valence-electron chi connectivity index (χ2n) is 8.51. The highest BCUT2D eigenvalue weighted by Gasteiger charge is 2.31. The summed E-state index contributed by atoms with van der Waals surface area (Å²) in [6.07, 6.45) is 3.77. The van der Waals surface area contributed by atoms with E-state index in [2.05, 4.69) is 9.88 Å². The van der Waals surface area contributed by atoms with Gasteiger partial charge in [-0.3, -0.25) is 19.3 Å². The summed E-state index contributed by atoms with van der Waals surface area (Å²) in [6, 6.07) is 10.9. The van der Waals surface area contributed by atoms with Gasteiger partial charge in [-0.25, -0.2) is 4.98 Å². The van der Waals surface area contributed by atoms with Gasteiger partial charge in [0, 0.05) is 51.0 Å². The third-order valence-corrected chi connectivity index (χ3v) is 6.44. The Morgan fingerprint density at radius 1 is 0.939 bits per heavy atom. The van der Waals surface area contributed by atoms with Crippen molar-refractivity contribution in [1.29, 1.82) is 0 Å². The Kier molecular flexibility index (Phi) is 5.85. The van der Waals surface area contributed by atoms with Crippen molar-refractivity contribution in [3.8, 4) is 5.75 Å². The van der Waals surface area contributed by atoms with Crippen LogP contribution in [0, 0.1) is 0 Å². The standard InChI is InChI=1S/C24H27N5O4/c30-22(27-13-11-26(12-14-27)21-5-1-2-8-25-21)16-29-19-15-18(24(32)28-9-3-4-10-28)6-7-20(19)33-17-23(29)31/h1-2,5-8,15H,3-4,9-14,16-17H2. The van der Waals surface area contributed by atoms with E-state index in [0.717, 1.165) is 31.7 Å². The van der Waals surface area contributed by atoms with E-state index in [-0.39, 0.29) is 30.9 Å². The van der Waals surface area contributed by atoms with Gasteiger partial charge in [-0.15, -0.1) is 0 Å². The Labute approximate surface area is 192 Å². The van der Waals surface area contributed by atoms with Gasteiger partial charge in [0.2, 0.25) is 5.91 Å². The van der Waals surface area contributed by atoms with Crippen LogP contribution in [-0.4, -0.2) is 84.9 Å². The normalized spacial score (nSPS) is 18.2. The summed E-state index contributed by atoms with van der Waals surface area (Å²) in [5, 5.41) is 0. The molecule has 0 unspecified atom stereocenters. The lowest BCUT2D eigenvalue weighted by atomic mass is 10.1. The van der Waals surface area contributed by atoms with E-state index in [1.54, 1.807) is 29.3 Å². The van der Waals surface area contributed by atoms with Gasteiger partial charge in [-0.05, 0) is 43.2 Å². The van der Waals surface area contributed by atoms with Crippen molar-refractivity contribution in [1.82, 2.24) is 14.8 Å². The third kappa shape index (κ3) is 4.35. The van der Waals surface area contributed by atoms with E-state index >= 15 is 0 Å². The molecule has 0 saturated carbocycles. The number of ether oxygens (including phenoxy) is 1. The summed E-state index contributed by atoms with van der Waals surface area (Å²) < 4.78 is 5.56. The van der Waals surface area contributed by atoms with Crippen LogP contribution >= 0.6 is 0 Å². The molecule has 2 fully saturated rings. The number of likely N-dealkylation sites (tertiary alicyclic amines) is 1. The molecule has 0 N–H and O–H groups in total. The quantitative estimate of drug-likeness (QED) is 0.701. The summed E-state index contributed by atoms with van der Waals surface area (Å²) in [5.74, 6) is 0.963. The van der Waals surface area contributed by atoms with Crippen molar-refractivity contribution >= 4 is 29.2 Å². The largest absolute Gasteiger partial charge is 0.482 e. The number of fused-ring (bicyclic) bond motifs is 1. The van der Waals surface area contributed by atoms with E-state index in [1.807, 2.05) is 23.1 Å². The number of carbonyl (C=O) groups is 3. The Morgan fingerprint density at radius 2 is 1.73 bits per heavy atom. The molecule has 0 spiro atoms. The van der Waals surface area contributed by atoms with Crippen LogP contribution in [0.5, 0.6) is 5.75 Å². The zero-order valence-electron chi connectivity index (χ0n) is 18.5. The third-order valence-electron chi connectivity index (χ3n) is 6.44. The average Bonchev–Trinajstić information content (AvgIpc) is 3.41. The molecule has 0 radical (unpaired) electrons. The molecule has 3 amide bonds. The van der Waals surface area contributed by atoms with Crippen LogP contribution in [-0.2, 0) is 9.59 Å². The Hall–Kier alpha value is -3.62. The molecule has 9 heteroatoms. The molecule has 172 valence electrons. The molecule has 9 nitrogen and oxygen atoms in total. The minimum absolute atomic E-state index is 0.0507. The fourth-order valence-electron chi connectivity index (χ4n) is 4.57. The van der Waals surface area contributed by atoms with Gasteiger partial charge in [0.1, 0.15) is 18.1 Å². The van der Waals surface area contributed by atoms with Crippen LogP contribution < -0.4 is 14.5 Å². The summed E-state index contributed by atoms with van der Waals surface area (Å²) in [5.41, 5.74) is 0.993. The molecule has 2 aromatic rings. The number of nitrogens with zero attached hydrogens (tertiary/aromatic N) is 5. The maximum atomic E-state index is 13.1. The van der Waals surface area contributed by atoms with Crippen molar-refractivity contribution in [2.45, 2.75) is 12.8 Å². The fourth-order valence-corrected chi connectivity index (χ4v) is 4.57. The van der Waals surface area contributed by atoms with E-state index in [9.17, 15) is 14.4 Å². The van der Waals surface area contributed by atoms with Crippen molar-refractivity contribution < 1.29 is 19.1 Å². The highest BCUT2D eigenvalue weighted by atomic mass is 16.5. The second-order valence-corrected chi connectivity index (χ2v) is 8.51. The Morgan fingerprint density at radius 3 is 2.45 bits per heavy atom. The summed E-state index contributed by atoms with van der Waals surface area (Å²) in [4.78, 5) is 50.2. The van der Waals surface area contributed by atoms with Gasteiger partial charge in [-0.1, -0.05) is 6.07 Å². The zero-order valence-corrected chi connectivity index (χ0v) is 18.5. The first kappa shape index (κ1) is 21.2. The van der Waals surface area contributed by atoms with Crippen LogP contribution in [0.1, 0.15) is 23.2 Å². The van der Waals surface area contributed by atoms with E-state index in [0.29, 0.717) is 43.2 Å². The SMILES string of the molecule is O=C(CN1C(=O)COc2ccc(C(=O)N3CCCC3)cc21)N1CCN(c2ccccn2)CC1. The minimum atomic E-state index is -0.284. The van der Waals surface area contributed by atoms with Gasteiger partial charge in [0.15, 0.2) is 6.61 Å². The fraction of sp³-hybridized carbons (Fsp3) is 0.417. The summed E-state index contributed by atoms with van der Waals surface area (Å²) in [6.45, 7) is 3.81. The maximum absolute atomic E-state index is 13.1. The first-order chi connectivity index (χ1) is 16.1. The zero-order chi connectivity index (χ0) is 22.8. The highest BCUT2D eigenvalue weighted by Crippen LogP contribution is 2.33. The number of benzene rings is 1. The lowest BCUT2D eigenvalue weighted by Gasteiger charge is -2.37. The van der Waals surface area contributed by atoms with E-state index in [1.165, 1.54) is 4.90 Å². The summed E-state index contributed by atoms with van der Waals surface area (Å²) in [7, 11) is 0. The number of pyridine rings is 1. The molecular weight excluding hydrogens is 422 g/mol. The molecule has 1 aromatic heterocycles. The number of piperazine rings is 1. The maximum Gasteiger partial charge on any atom is 0.265 e. The molecule has 5 rings (SSSR count). The minimum Gasteiger partial charge on any atom is -0.482 e. The van der Waals surface area contributed by atoms with Gasteiger partial charge in [0.25, 0.3) is 11.8 Å². The van der Waals surface area contributed by atoms with Gasteiger partial charge in [-0.2, -0.15) is 0 Å². The lowest BCUT2D eigenvalue weighted by Crippen LogP contribution is -2.53. The van der Waals surface area contributed by atoms with Crippen LogP contribution in [0.25, 0.3) is 0 Å². The molecule has 1 aromatic carbocycles. The number of hydrogen-bond acceptors (Lipinski definition) is 6. The van der Waals surface area contributed by atoms with E-state index < -0.39 is 0 Å². The Bertz CT molecular complexity index is 1050. The van der Waals surface area contributed by atoms with Gasteiger partial charge >= 0.3 is 0 Å². The monoisotopic (exact) mass is 449 g/mol. The molecule has 2 saturated heterocycles. The number of carbonyl (C=O) groups excluding carboxylic acids is 3. The Balaban J connectivity index is 1.28. The van der Waals surface area contributed by atoms with Gasteiger partial charge < -0.3 is 19.4 Å². The number of anilines is 2. The molecule has 0 atom stereocenters. The van der Waals surface area contributed by atoms with Crippen molar-refractivity contribution in [3.63, 3.8) is 0 Å². The number of hydrogen-bond donors (Lipinski definition) is 0. The number of aromatic nitrogens is 1. The highest BCUT2D eigenvalue weighted by molar-refractivity contribution is 6.04. The van der Waals surface area contributed by atoms with Crippen LogP contribution in [0.4, 0.5) is 11.5 Å². The van der Waals surface area contributed by atoms with Gasteiger partial charge in [0.05, 0.1) is 5.69 Å². The van der Waals surface area contributed by atoms with E-state index in [4.69, 9.17) is 4.74 Å². The first-order valence-corrected chi connectivity index (χ1v) is 11.4. The van der Waals surface area contributed by atoms with Crippen molar-refractivity contribution in [3.05, 3.63) is 48.2 Å². The van der Waals surface area contributed by atoms with Crippen molar-refractivity contribution in [2.24, 2.45) is 0 Å². The topological polar surface area (TPSA) is 86.3 Å². The lowest BCUT2D eigenvalue weighted by molar-refractivity contribution is -0.132. The number of rotatable bonds is 4. The smallest absolute Gasteiger partial charge is 0.265 e. The first-order valence-electron chi connectivity index (χ1n) is 11.4. The second kappa shape index (κ2) is 9.09. The molecular formula is C24H27N5O4. The molecule has 3 aliphatic heterocycles. The average molecular weight is 450 g/mol. The predicted octanol–water partition coefficient (Wildman–Crippen LogP) is 1.39. The number of amides is 3. The molecule has 33 heavy (non-hydrogen) atoms. The molecule has 4 heterocycles. The van der Waals surface area contributed by atoms with Crippen LogP contribution in [0.2, 0.25) is 0 Å².